The van der Waals surface area contributed by atoms with Gasteiger partial charge in [-0.2, -0.15) is 0 Å². The number of hydrogen-bond donors (Lipinski definition) is 2. The molecule has 14 heavy (non-hydrogen) atoms. The average molecular weight is 209 g/mol. The summed E-state index contributed by atoms with van der Waals surface area (Å²) >= 11 is 5.03. The molecule has 0 unspecified atom stereocenters. The second kappa shape index (κ2) is 5.54. The number of aromatic nitrogens is 1. The highest BCUT2D eigenvalue weighted by Gasteiger charge is 1.95. The zero-order valence-electron chi connectivity index (χ0n) is 8.50. The largest absolute Gasteiger partial charge is 0.363 e. The second-order valence-electron chi connectivity index (χ2n) is 3.04. The lowest BCUT2D eigenvalue weighted by Crippen LogP contribution is -2.34. The molecule has 0 bridgehead atoms. The highest BCUT2D eigenvalue weighted by Crippen LogP contribution is 1.97. The molecule has 1 aromatic heterocycles. The third kappa shape index (κ3) is 3.70. The first-order valence-corrected chi connectivity index (χ1v) is 5.06. The van der Waals surface area contributed by atoms with Crippen LogP contribution in [0.15, 0.2) is 18.3 Å². The van der Waals surface area contributed by atoms with E-state index in [0.29, 0.717) is 11.7 Å². The molecule has 0 fully saturated rings. The third-order valence-corrected chi connectivity index (χ3v) is 2.03. The summed E-state index contributed by atoms with van der Waals surface area (Å²) in [7, 11) is 0. The maximum atomic E-state index is 5.03. The van der Waals surface area contributed by atoms with Gasteiger partial charge in [0.05, 0.1) is 12.2 Å². The van der Waals surface area contributed by atoms with E-state index in [-0.39, 0.29) is 0 Å². The zero-order chi connectivity index (χ0) is 10.4. The van der Waals surface area contributed by atoms with Crippen LogP contribution in [-0.2, 0) is 6.54 Å². The first-order chi connectivity index (χ1) is 6.72. The Kier molecular flexibility index (Phi) is 4.32. The quantitative estimate of drug-likeness (QED) is 0.737. The molecule has 0 saturated carbocycles. The molecule has 1 heterocycles. The summed E-state index contributed by atoms with van der Waals surface area (Å²) in [5.41, 5.74) is 2.17. The first-order valence-electron chi connectivity index (χ1n) is 4.65. The normalized spacial score (nSPS) is 9.57. The van der Waals surface area contributed by atoms with E-state index < -0.39 is 0 Å². The van der Waals surface area contributed by atoms with E-state index in [1.807, 2.05) is 32.2 Å². The fourth-order valence-corrected chi connectivity index (χ4v) is 1.21. The van der Waals surface area contributed by atoms with Crippen molar-refractivity contribution < 1.29 is 0 Å². The van der Waals surface area contributed by atoms with Crippen molar-refractivity contribution in [2.24, 2.45) is 0 Å². The SMILES string of the molecule is CCNC(=S)NCc1ccc(C)cn1. The molecular formula is C10H15N3S. The topological polar surface area (TPSA) is 37.0 Å². The van der Waals surface area contributed by atoms with E-state index in [0.717, 1.165) is 12.2 Å². The lowest BCUT2D eigenvalue weighted by atomic mass is 10.3. The second-order valence-corrected chi connectivity index (χ2v) is 3.45. The Morgan fingerprint density at radius 2 is 2.21 bits per heavy atom. The Bertz CT molecular complexity index is 295. The highest BCUT2D eigenvalue weighted by atomic mass is 32.1. The van der Waals surface area contributed by atoms with Gasteiger partial charge in [0.2, 0.25) is 0 Å². The summed E-state index contributed by atoms with van der Waals surface area (Å²) in [4.78, 5) is 4.26. The Hall–Kier alpha value is -1.16. The molecule has 0 atom stereocenters. The molecule has 1 aromatic rings. The van der Waals surface area contributed by atoms with Gasteiger partial charge in [-0.15, -0.1) is 0 Å². The van der Waals surface area contributed by atoms with Gasteiger partial charge in [0.1, 0.15) is 0 Å². The Balaban J connectivity index is 2.38. The number of thiocarbonyl (C=S) groups is 1. The van der Waals surface area contributed by atoms with Crippen LogP contribution >= 0.6 is 12.2 Å². The third-order valence-electron chi connectivity index (χ3n) is 1.74. The van der Waals surface area contributed by atoms with Gasteiger partial charge in [0.15, 0.2) is 5.11 Å². The van der Waals surface area contributed by atoms with E-state index in [9.17, 15) is 0 Å². The van der Waals surface area contributed by atoms with Gasteiger partial charge < -0.3 is 10.6 Å². The van der Waals surface area contributed by atoms with Gasteiger partial charge in [-0.3, -0.25) is 4.98 Å². The first kappa shape index (κ1) is 10.9. The van der Waals surface area contributed by atoms with Crippen LogP contribution in [0.4, 0.5) is 0 Å². The molecule has 0 aliphatic rings. The van der Waals surface area contributed by atoms with Crippen LogP contribution in [0.3, 0.4) is 0 Å². The Morgan fingerprint density at radius 1 is 1.43 bits per heavy atom. The fourth-order valence-electron chi connectivity index (χ4n) is 0.997. The summed E-state index contributed by atoms with van der Waals surface area (Å²) < 4.78 is 0. The molecule has 1 rings (SSSR count). The van der Waals surface area contributed by atoms with Crippen LogP contribution in [0.5, 0.6) is 0 Å². The maximum absolute atomic E-state index is 5.03. The van der Waals surface area contributed by atoms with Crippen LogP contribution in [0, 0.1) is 6.92 Å². The molecular weight excluding hydrogens is 194 g/mol. The zero-order valence-corrected chi connectivity index (χ0v) is 9.32. The minimum Gasteiger partial charge on any atom is -0.363 e. The minimum absolute atomic E-state index is 0.673. The van der Waals surface area contributed by atoms with Crippen molar-refractivity contribution in [3.8, 4) is 0 Å². The van der Waals surface area contributed by atoms with Crippen molar-refractivity contribution in [2.45, 2.75) is 20.4 Å². The van der Waals surface area contributed by atoms with E-state index in [1.54, 1.807) is 0 Å². The predicted molar refractivity (Wildman–Crippen MR) is 62.1 cm³/mol. The fraction of sp³-hybridized carbons (Fsp3) is 0.400. The number of aryl methyl sites for hydroxylation is 1. The van der Waals surface area contributed by atoms with Gasteiger partial charge >= 0.3 is 0 Å². The molecule has 3 nitrogen and oxygen atoms in total. The van der Waals surface area contributed by atoms with Crippen LogP contribution < -0.4 is 10.6 Å². The molecule has 0 spiro atoms. The van der Waals surface area contributed by atoms with Crippen LogP contribution in [-0.4, -0.2) is 16.6 Å². The van der Waals surface area contributed by atoms with Gasteiger partial charge in [-0.25, -0.2) is 0 Å². The summed E-state index contributed by atoms with van der Waals surface area (Å²) in [6.07, 6.45) is 1.85. The monoisotopic (exact) mass is 209 g/mol. The molecule has 0 aliphatic carbocycles. The number of nitrogens with one attached hydrogen (secondary N) is 2. The van der Waals surface area contributed by atoms with E-state index in [1.165, 1.54) is 5.56 Å². The van der Waals surface area contributed by atoms with Crippen molar-refractivity contribution in [3.63, 3.8) is 0 Å². The van der Waals surface area contributed by atoms with Crippen molar-refractivity contribution in [1.82, 2.24) is 15.6 Å². The molecule has 0 radical (unpaired) electrons. The predicted octanol–water partition coefficient (Wildman–Crippen LogP) is 1.37. The molecule has 76 valence electrons. The molecule has 0 aromatic carbocycles. The summed E-state index contributed by atoms with van der Waals surface area (Å²) in [5, 5.41) is 6.77. The minimum atomic E-state index is 0.673. The van der Waals surface area contributed by atoms with Gasteiger partial charge in [-0.1, -0.05) is 6.07 Å². The summed E-state index contributed by atoms with van der Waals surface area (Å²) in [6.45, 7) is 5.55. The van der Waals surface area contributed by atoms with Crippen molar-refractivity contribution in [1.29, 1.82) is 0 Å². The van der Waals surface area contributed by atoms with Gasteiger partial charge in [-0.05, 0) is 37.7 Å². The highest BCUT2D eigenvalue weighted by molar-refractivity contribution is 7.80. The lowest BCUT2D eigenvalue weighted by Gasteiger charge is -2.07. The maximum Gasteiger partial charge on any atom is 0.166 e. The summed E-state index contributed by atoms with van der Waals surface area (Å²) in [6, 6.07) is 4.04. The Labute approximate surface area is 89.9 Å². The smallest absolute Gasteiger partial charge is 0.166 e. The molecule has 0 amide bonds. The Morgan fingerprint density at radius 3 is 2.79 bits per heavy atom. The number of pyridine rings is 1. The summed E-state index contributed by atoms with van der Waals surface area (Å²) in [5.74, 6) is 0. The van der Waals surface area contributed by atoms with Crippen LogP contribution in [0.1, 0.15) is 18.2 Å². The van der Waals surface area contributed by atoms with E-state index in [2.05, 4.69) is 15.6 Å². The number of rotatable bonds is 3. The van der Waals surface area contributed by atoms with Crippen molar-refractivity contribution in [2.75, 3.05) is 6.54 Å². The number of nitrogens with zero attached hydrogens (tertiary/aromatic N) is 1. The van der Waals surface area contributed by atoms with Crippen molar-refractivity contribution >= 4 is 17.3 Å². The molecule has 0 aliphatic heterocycles. The van der Waals surface area contributed by atoms with Gasteiger partial charge in [0, 0.05) is 12.7 Å². The number of hydrogen-bond acceptors (Lipinski definition) is 2. The van der Waals surface area contributed by atoms with Crippen LogP contribution in [0.2, 0.25) is 0 Å². The van der Waals surface area contributed by atoms with Crippen molar-refractivity contribution in [3.05, 3.63) is 29.6 Å². The molecule has 4 heteroatoms. The average Bonchev–Trinajstić information content (AvgIpc) is 2.17. The lowest BCUT2D eigenvalue weighted by molar-refractivity contribution is 0.831. The van der Waals surface area contributed by atoms with E-state index in [4.69, 9.17) is 12.2 Å². The molecule has 0 saturated heterocycles. The van der Waals surface area contributed by atoms with Gasteiger partial charge in [0.25, 0.3) is 0 Å². The standard InChI is InChI=1S/C10H15N3S/c1-3-11-10(14)13-7-9-5-4-8(2)6-12-9/h4-6H,3,7H2,1-2H3,(H2,11,13,14). The van der Waals surface area contributed by atoms with Crippen LogP contribution in [0.25, 0.3) is 0 Å². The molecule has 2 N–H and O–H groups in total. The van der Waals surface area contributed by atoms with E-state index >= 15 is 0 Å².